The van der Waals surface area contributed by atoms with Gasteiger partial charge in [-0.05, 0) is 25.0 Å². The smallest absolute Gasteiger partial charge is 0.296 e. The van der Waals surface area contributed by atoms with Gasteiger partial charge in [0.2, 0.25) is 11.7 Å². The van der Waals surface area contributed by atoms with Crippen molar-refractivity contribution in [3.8, 4) is 5.75 Å². The monoisotopic (exact) mass is 462 g/mol. The highest BCUT2D eigenvalue weighted by Crippen LogP contribution is 2.35. The van der Waals surface area contributed by atoms with Crippen molar-refractivity contribution >= 4 is 11.8 Å². The number of nitrogens with one attached hydrogen (secondary N) is 2. The number of carbonyl (C=O) groups is 2. The lowest BCUT2D eigenvalue weighted by Crippen LogP contribution is -2.43. The predicted octanol–water partition coefficient (Wildman–Crippen LogP) is 0.159. The van der Waals surface area contributed by atoms with Gasteiger partial charge in [-0.1, -0.05) is 6.08 Å². The fourth-order valence-corrected chi connectivity index (χ4v) is 4.55. The van der Waals surface area contributed by atoms with Crippen molar-refractivity contribution in [3.05, 3.63) is 45.9 Å². The molecule has 0 bridgehead atoms. The van der Waals surface area contributed by atoms with E-state index in [1.54, 1.807) is 0 Å². The summed E-state index contributed by atoms with van der Waals surface area (Å²) in [5, 5.41) is 15.6. The van der Waals surface area contributed by atoms with E-state index in [0.29, 0.717) is 45.1 Å². The summed E-state index contributed by atoms with van der Waals surface area (Å²) >= 11 is 0. The Hall–Kier alpha value is -3.05. The molecule has 1 spiro atoms. The standard InChI is InChI=1S/C22H27FN4O6/c1-24-18(29)15-10-14(23)3-2-13(15)11-25-19(30)16-17(28)20(31)27-6-9-33-12-22(21(27)26-16)4-7-32-8-5-22/h2-3,10,13,15,28H,4-9,11-12H2,1H3,(H,24,29)(H,25,30). The second-order valence-corrected chi connectivity index (χ2v) is 8.46. The lowest BCUT2D eigenvalue weighted by atomic mass is 9.80. The Kier molecular flexibility index (Phi) is 6.61. The minimum Gasteiger partial charge on any atom is -0.501 e. The molecule has 1 fully saturated rings. The molecule has 0 aromatic carbocycles. The Morgan fingerprint density at radius 3 is 2.79 bits per heavy atom. The van der Waals surface area contributed by atoms with Crippen LogP contribution < -0.4 is 16.2 Å². The summed E-state index contributed by atoms with van der Waals surface area (Å²) in [7, 11) is 1.45. The first-order valence-electron chi connectivity index (χ1n) is 10.9. The van der Waals surface area contributed by atoms with Gasteiger partial charge >= 0.3 is 0 Å². The van der Waals surface area contributed by atoms with Crippen molar-refractivity contribution in [1.29, 1.82) is 0 Å². The first kappa shape index (κ1) is 23.1. The van der Waals surface area contributed by atoms with E-state index in [-0.39, 0.29) is 24.7 Å². The number of aromatic nitrogens is 2. The van der Waals surface area contributed by atoms with Crippen molar-refractivity contribution in [2.75, 3.05) is 40.0 Å². The van der Waals surface area contributed by atoms with E-state index in [0.717, 1.165) is 0 Å². The minimum absolute atomic E-state index is 0.0150. The maximum absolute atomic E-state index is 13.6. The van der Waals surface area contributed by atoms with E-state index in [4.69, 9.17) is 9.47 Å². The predicted molar refractivity (Wildman–Crippen MR) is 114 cm³/mol. The molecule has 33 heavy (non-hydrogen) atoms. The van der Waals surface area contributed by atoms with Gasteiger partial charge in [-0.15, -0.1) is 0 Å². The number of rotatable bonds is 4. The normalized spacial score (nSPS) is 23.9. The molecule has 2 amide bonds. The fraction of sp³-hybridized carbons (Fsp3) is 0.545. The minimum atomic E-state index is -0.804. The maximum atomic E-state index is 13.6. The number of halogens is 1. The number of amides is 2. The van der Waals surface area contributed by atoms with E-state index in [2.05, 4.69) is 15.6 Å². The van der Waals surface area contributed by atoms with Crippen LogP contribution in [-0.4, -0.2) is 66.5 Å². The first-order valence-corrected chi connectivity index (χ1v) is 10.9. The molecule has 2 unspecified atom stereocenters. The Balaban J connectivity index is 1.61. The zero-order valence-corrected chi connectivity index (χ0v) is 18.3. The Morgan fingerprint density at radius 1 is 1.30 bits per heavy atom. The Bertz CT molecular complexity index is 1060. The molecular weight excluding hydrogens is 435 g/mol. The molecule has 1 saturated heterocycles. The number of allylic oxidation sites excluding steroid dienone is 2. The van der Waals surface area contributed by atoms with Crippen LogP contribution in [0.2, 0.25) is 0 Å². The summed E-state index contributed by atoms with van der Waals surface area (Å²) < 4.78 is 26.2. The van der Waals surface area contributed by atoms with Crippen molar-refractivity contribution in [1.82, 2.24) is 20.2 Å². The van der Waals surface area contributed by atoms with Crippen molar-refractivity contribution < 1.29 is 28.6 Å². The van der Waals surface area contributed by atoms with Gasteiger partial charge in [0, 0.05) is 32.7 Å². The lowest BCUT2D eigenvalue weighted by molar-refractivity contribution is -0.124. The van der Waals surface area contributed by atoms with E-state index in [1.807, 2.05) is 0 Å². The molecule has 4 rings (SSSR count). The molecule has 2 aliphatic heterocycles. The second kappa shape index (κ2) is 9.44. The molecule has 0 radical (unpaired) electrons. The number of aromatic hydroxyl groups is 1. The van der Waals surface area contributed by atoms with Crippen LogP contribution in [0.1, 0.15) is 29.2 Å². The SMILES string of the molecule is CNC(=O)C1C=C(F)C=CC1CNC(=O)c1nc2n(c(=O)c1O)CCOCC21CCOCC1. The van der Waals surface area contributed by atoms with Gasteiger partial charge in [0.25, 0.3) is 11.5 Å². The molecule has 2 atom stereocenters. The number of fused-ring (bicyclic) bond motifs is 2. The van der Waals surface area contributed by atoms with Crippen molar-refractivity contribution in [2.45, 2.75) is 24.8 Å². The highest BCUT2D eigenvalue weighted by molar-refractivity contribution is 5.94. The van der Waals surface area contributed by atoms with Gasteiger partial charge in [-0.2, -0.15) is 0 Å². The second-order valence-electron chi connectivity index (χ2n) is 8.46. The fourth-order valence-electron chi connectivity index (χ4n) is 4.55. The Morgan fingerprint density at radius 2 is 2.06 bits per heavy atom. The summed E-state index contributed by atoms with van der Waals surface area (Å²) in [6, 6.07) is 0. The van der Waals surface area contributed by atoms with E-state index >= 15 is 0 Å². The van der Waals surface area contributed by atoms with Gasteiger partial charge in [0.15, 0.2) is 5.69 Å². The number of hydrogen-bond acceptors (Lipinski definition) is 7. The quantitative estimate of drug-likeness (QED) is 0.581. The van der Waals surface area contributed by atoms with Crippen LogP contribution in [0, 0.1) is 11.8 Å². The van der Waals surface area contributed by atoms with Crippen LogP contribution >= 0.6 is 0 Å². The highest BCUT2D eigenvalue weighted by Gasteiger charge is 2.41. The molecule has 3 N–H and O–H groups in total. The molecule has 10 nitrogen and oxygen atoms in total. The molecule has 1 aromatic heterocycles. The van der Waals surface area contributed by atoms with Gasteiger partial charge in [0.1, 0.15) is 11.7 Å². The lowest BCUT2D eigenvalue weighted by Gasteiger charge is -2.35. The largest absolute Gasteiger partial charge is 0.501 e. The van der Waals surface area contributed by atoms with Crippen LogP contribution in [0.15, 0.2) is 28.8 Å². The molecule has 3 aliphatic rings. The van der Waals surface area contributed by atoms with Crippen LogP contribution in [0.5, 0.6) is 5.75 Å². The van der Waals surface area contributed by atoms with Gasteiger partial charge in [-0.3, -0.25) is 19.0 Å². The molecule has 11 heteroatoms. The molecule has 1 aliphatic carbocycles. The number of nitrogens with zero attached hydrogens (tertiary/aromatic N) is 2. The third-order valence-electron chi connectivity index (χ3n) is 6.47. The summed E-state index contributed by atoms with van der Waals surface area (Å²) in [6.45, 7) is 1.78. The first-order chi connectivity index (χ1) is 15.9. The van der Waals surface area contributed by atoms with Crippen LogP contribution in [-0.2, 0) is 26.2 Å². The molecular formula is C22H27FN4O6. The van der Waals surface area contributed by atoms with Crippen LogP contribution in [0.3, 0.4) is 0 Å². The van der Waals surface area contributed by atoms with E-state index in [1.165, 1.54) is 29.8 Å². The summed E-state index contributed by atoms with van der Waals surface area (Å²) in [6.07, 6.45) is 5.07. The molecule has 178 valence electrons. The number of ether oxygens (including phenoxy) is 2. The highest BCUT2D eigenvalue weighted by atomic mass is 19.1. The summed E-state index contributed by atoms with van der Waals surface area (Å²) in [5.41, 5.74) is -1.67. The summed E-state index contributed by atoms with van der Waals surface area (Å²) in [4.78, 5) is 42.5. The van der Waals surface area contributed by atoms with Gasteiger partial charge in [0.05, 0.1) is 31.1 Å². The van der Waals surface area contributed by atoms with E-state index < -0.39 is 40.3 Å². The molecule has 1 aromatic rings. The average molecular weight is 462 g/mol. The summed E-state index contributed by atoms with van der Waals surface area (Å²) in [5.74, 6) is -3.32. The number of carbonyl (C=O) groups excluding carboxylic acids is 2. The van der Waals surface area contributed by atoms with Crippen LogP contribution in [0.4, 0.5) is 4.39 Å². The van der Waals surface area contributed by atoms with Crippen LogP contribution in [0.25, 0.3) is 0 Å². The van der Waals surface area contributed by atoms with Crippen molar-refractivity contribution in [2.24, 2.45) is 11.8 Å². The zero-order valence-electron chi connectivity index (χ0n) is 18.3. The van der Waals surface area contributed by atoms with Gasteiger partial charge in [-0.25, -0.2) is 9.37 Å². The Labute approximate surface area is 189 Å². The number of hydrogen-bond donors (Lipinski definition) is 3. The van der Waals surface area contributed by atoms with E-state index in [9.17, 15) is 23.9 Å². The van der Waals surface area contributed by atoms with Gasteiger partial charge < -0.3 is 25.2 Å². The zero-order chi connectivity index (χ0) is 23.6. The topological polar surface area (TPSA) is 132 Å². The third kappa shape index (κ3) is 4.42. The molecule has 3 heterocycles. The average Bonchev–Trinajstić information content (AvgIpc) is 2.99. The molecule has 0 saturated carbocycles. The van der Waals surface area contributed by atoms with Crippen molar-refractivity contribution in [3.63, 3.8) is 0 Å². The third-order valence-corrected chi connectivity index (χ3v) is 6.47. The maximum Gasteiger partial charge on any atom is 0.296 e.